The van der Waals surface area contributed by atoms with Gasteiger partial charge in [-0.2, -0.15) is 0 Å². The van der Waals surface area contributed by atoms with Crippen molar-refractivity contribution in [2.24, 2.45) is 23.3 Å². The molecule has 3 aliphatic rings. The van der Waals surface area contributed by atoms with Crippen LogP contribution in [0.2, 0.25) is 0 Å². The maximum absolute atomic E-state index is 14.1. The normalized spacial score (nSPS) is 21.2. The maximum atomic E-state index is 14.1. The number of nitrogens with zero attached hydrogens (tertiary/aromatic N) is 4. The lowest BCUT2D eigenvalue weighted by molar-refractivity contribution is -0.147. The van der Waals surface area contributed by atoms with Gasteiger partial charge in [-0.1, -0.05) is 40.5 Å². The van der Waals surface area contributed by atoms with Crippen LogP contribution in [0.15, 0.2) is 12.5 Å². The highest BCUT2D eigenvalue weighted by Crippen LogP contribution is 2.23. The Morgan fingerprint density at radius 1 is 0.693 bits per heavy atom. The van der Waals surface area contributed by atoms with E-state index < -0.39 is 138 Å². The molecular weight excluding hydrogens is 979 g/mol. The summed E-state index contributed by atoms with van der Waals surface area (Å²) in [6.45, 7) is 9.94. The van der Waals surface area contributed by atoms with Crippen molar-refractivity contribution in [3.63, 3.8) is 0 Å². The number of aliphatic hydroxyl groups excluding tert-OH is 2. The van der Waals surface area contributed by atoms with Gasteiger partial charge in [0.25, 0.3) is 0 Å². The molecule has 0 radical (unpaired) electrons. The molecule has 1 aromatic heterocycles. The van der Waals surface area contributed by atoms with Crippen molar-refractivity contribution in [2.45, 2.75) is 185 Å². The van der Waals surface area contributed by atoms with E-state index in [1.165, 1.54) is 41.1 Å². The fourth-order valence-corrected chi connectivity index (χ4v) is 9.64. The monoisotopic (exact) mass is 1060 g/mol. The Labute approximate surface area is 437 Å². The van der Waals surface area contributed by atoms with E-state index in [1.807, 2.05) is 0 Å². The number of H-pyrrole nitrogens is 1. The van der Waals surface area contributed by atoms with Crippen LogP contribution in [0.25, 0.3) is 0 Å². The smallest absolute Gasteiger partial charge is 0.326 e. The number of imidazole rings is 1. The lowest BCUT2D eigenvalue weighted by Crippen LogP contribution is -2.61. The van der Waals surface area contributed by atoms with E-state index >= 15 is 0 Å². The second-order valence-electron chi connectivity index (χ2n) is 20.4. The van der Waals surface area contributed by atoms with Gasteiger partial charge < -0.3 is 78.4 Å². The molecule has 9 amide bonds. The molecule has 75 heavy (non-hydrogen) atoms. The third kappa shape index (κ3) is 17.1. The van der Waals surface area contributed by atoms with E-state index in [-0.39, 0.29) is 51.2 Å². The van der Waals surface area contributed by atoms with Crippen LogP contribution < -0.4 is 43.4 Å². The number of unbranched alkanes of at least 4 members (excludes halogenated alkanes) is 1. The Balaban J connectivity index is 1.41. The van der Waals surface area contributed by atoms with Crippen molar-refractivity contribution in [1.29, 1.82) is 0 Å². The molecule has 3 aliphatic heterocycles. The molecule has 0 aliphatic carbocycles. The van der Waals surface area contributed by atoms with Gasteiger partial charge >= 0.3 is 5.97 Å². The van der Waals surface area contributed by atoms with Crippen molar-refractivity contribution in [3.8, 4) is 0 Å². The minimum Gasteiger partial charge on any atom is -0.480 e. The standard InChI is InChI=1S/C49H81N13O13/c1-7-27(4)38(49(74)75)57-44(69)36-16-12-20-62(36)48(73)40(29(6)64)59-43(68)34-14-10-18-60(34)37(65)24-53-41(66)33(22-30-23-52-25-54-30)55-42(67)32(21-26(2)3)56-46(71)39(28(5)63)58-45(70)35-15-11-19-61(35)47(72)31(51)13-8-9-17-50/h23,25-29,31-36,38-40,63-64H,7-22,24,50-51H2,1-6H3,(H,52,54)(H,53,66)(H,55,67)(H,56,71)(H,57,69)(H,58,70)(H,59,68)(H,74,75)/t27-,28+,29+,31-,32-,33-,34-,35-,36-,38-,39-,40-/m0/s1. The number of carboxylic acid groups (broad SMARTS) is 1. The number of hydrogen-bond acceptors (Lipinski definition) is 15. The first-order chi connectivity index (χ1) is 35.5. The molecule has 26 heteroatoms. The van der Waals surface area contributed by atoms with Gasteiger partial charge in [0.1, 0.15) is 48.3 Å². The van der Waals surface area contributed by atoms with Crippen molar-refractivity contribution in [2.75, 3.05) is 32.7 Å². The molecule has 0 aromatic carbocycles. The van der Waals surface area contributed by atoms with E-state index in [4.69, 9.17) is 11.5 Å². The van der Waals surface area contributed by atoms with Crippen molar-refractivity contribution >= 4 is 59.1 Å². The number of nitrogens with two attached hydrogens (primary N) is 2. The molecule has 420 valence electrons. The van der Waals surface area contributed by atoms with E-state index in [1.54, 1.807) is 27.7 Å². The fraction of sp³-hybridized carbons (Fsp3) is 0.735. The van der Waals surface area contributed by atoms with Crippen LogP contribution in [0.5, 0.6) is 0 Å². The molecule has 3 saturated heterocycles. The first-order valence-corrected chi connectivity index (χ1v) is 26.2. The fourth-order valence-electron chi connectivity index (χ4n) is 9.64. The van der Waals surface area contributed by atoms with E-state index in [9.17, 15) is 63.3 Å². The largest absolute Gasteiger partial charge is 0.480 e. The molecule has 3 fully saturated rings. The number of carbonyl (C=O) groups is 10. The molecule has 26 nitrogen and oxygen atoms in total. The van der Waals surface area contributed by atoms with Crippen LogP contribution >= 0.6 is 0 Å². The number of aromatic nitrogens is 2. The number of amides is 9. The average molecular weight is 1060 g/mol. The van der Waals surface area contributed by atoms with Crippen LogP contribution in [0.3, 0.4) is 0 Å². The molecule has 0 spiro atoms. The van der Waals surface area contributed by atoms with Gasteiger partial charge in [-0.25, -0.2) is 9.78 Å². The van der Waals surface area contributed by atoms with E-state index in [0.29, 0.717) is 63.6 Å². The maximum Gasteiger partial charge on any atom is 0.326 e. The summed E-state index contributed by atoms with van der Waals surface area (Å²) in [6.07, 6.45) is 3.99. The highest BCUT2D eigenvalue weighted by atomic mass is 16.4. The minimum absolute atomic E-state index is 0.0569. The molecule has 14 N–H and O–H groups in total. The summed E-state index contributed by atoms with van der Waals surface area (Å²) < 4.78 is 0. The summed E-state index contributed by atoms with van der Waals surface area (Å²) in [5.74, 6) is -8.30. The summed E-state index contributed by atoms with van der Waals surface area (Å²) in [6, 6.07) is -10.9. The molecule has 0 bridgehead atoms. The number of carbonyl (C=O) groups excluding carboxylic acids is 9. The summed E-state index contributed by atoms with van der Waals surface area (Å²) in [5, 5.41) is 46.6. The van der Waals surface area contributed by atoms with Crippen LogP contribution in [0.4, 0.5) is 0 Å². The number of aliphatic carboxylic acids is 1. The van der Waals surface area contributed by atoms with Gasteiger partial charge in [-0.3, -0.25) is 43.2 Å². The number of nitrogens with one attached hydrogen (secondary N) is 7. The summed E-state index contributed by atoms with van der Waals surface area (Å²) in [4.78, 5) is 146. The molecule has 0 unspecified atom stereocenters. The zero-order valence-corrected chi connectivity index (χ0v) is 44.0. The second kappa shape index (κ2) is 29.2. The van der Waals surface area contributed by atoms with Gasteiger partial charge in [0.05, 0.1) is 31.1 Å². The molecule has 12 atom stereocenters. The highest BCUT2D eigenvalue weighted by Gasteiger charge is 2.44. The molecule has 0 saturated carbocycles. The molecule has 1 aromatic rings. The van der Waals surface area contributed by atoms with Crippen molar-refractivity contribution in [1.82, 2.24) is 56.6 Å². The topological polar surface area (TPSA) is 394 Å². The first kappa shape index (κ1) is 61.3. The Kier molecular flexibility index (Phi) is 23.8. The van der Waals surface area contributed by atoms with Crippen molar-refractivity contribution in [3.05, 3.63) is 18.2 Å². The van der Waals surface area contributed by atoms with Crippen LogP contribution in [0, 0.1) is 11.8 Å². The Hall–Kier alpha value is -6.25. The number of rotatable bonds is 28. The van der Waals surface area contributed by atoms with Gasteiger partial charge in [-0.05, 0) is 90.0 Å². The summed E-state index contributed by atoms with van der Waals surface area (Å²) >= 11 is 0. The Morgan fingerprint density at radius 2 is 1.21 bits per heavy atom. The third-order valence-corrected chi connectivity index (χ3v) is 14.1. The Bertz CT molecular complexity index is 2140. The van der Waals surface area contributed by atoms with Gasteiger partial charge in [-0.15, -0.1) is 0 Å². The van der Waals surface area contributed by atoms with Crippen LogP contribution in [0.1, 0.15) is 118 Å². The first-order valence-electron chi connectivity index (χ1n) is 26.2. The lowest BCUT2D eigenvalue weighted by atomic mass is 9.98. The quantitative estimate of drug-likeness (QED) is 0.0369. The number of carboxylic acids is 1. The second-order valence-corrected chi connectivity index (χ2v) is 20.4. The SMILES string of the molecule is CC[C@H](C)[C@H](NC(=O)[C@@H]1CCCN1C(=O)[C@@H](NC(=O)[C@@H]1CCCN1C(=O)CNC(=O)[C@H](Cc1cnc[nH]1)NC(=O)[C@H](CC(C)C)NC(=O)[C@@H](NC(=O)[C@@H]1CCCN1C(=O)[C@@H](N)CCCCN)[C@@H](C)O)[C@@H](C)O)C(=O)O. The van der Waals surface area contributed by atoms with Crippen LogP contribution in [-0.4, -0.2) is 198 Å². The summed E-state index contributed by atoms with van der Waals surface area (Å²) in [7, 11) is 0. The number of aliphatic hydroxyl groups is 2. The molecule has 4 heterocycles. The third-order valence-electron chi connectivity index (χ3n) is 14.1. The van der Waals surface area contributed by atoms with Crippen molar-refractivity contribution < 1.29 is 63.3 Å². The highest BCUT2D eigenvalue weighted by molar-refractivity contribution is 5.98. The van der Waals surface area contributed by atoms with E-state index in [2.05, 4.69) is 41.9 Å². The number of aromatic amines is 1. The van der Waals surface area contributed by atoms with Gasteiger partial charge in [0.2, 0.25) is 53.2 Å². The lowest BCUT2D eigenvalue weighted by Gasteiger charge is -2.32. The number of likely N-dealkylation sites (tertiary alicyclic amines) is 3. The molecule has 4 rings (SSSR count). The zero-order valence-electron chi connectivity index (χ0n) is 44.0. The molecular formula is C49H81N13O13. The van der Waals surface area contributed by atoms with Crippen LogP contribution in [-0.2, 0) is 54.4 Å². The number of hydrogen-bond donors (Lipinski definition) is 12. The minimum atomic E-state index is -1.55. The van der Waals surface area contributed by atoms with E-state index in [0.717, 1.165) is 0 Å². The summed E-state index contributed by atoms with van der Waals surface area (Å²) in [5.41, 5.74) is 12.2. The predicted molar refractivity (Wildman–Crippen MR) is 270 cm³/mol. The zero-order chi connectivity index (χ0) is 55.7. The average Bonchev–Trinajstić information content (AvgIpc) is 4.22. The van der Waals surface area contributed by atoms with Gasteiger partial charge in [0, 0.05) is 37.9 Å². The Morgan fingerprint density at radius 3 is 1.72 bits per heavy atom. The van der Waals surface area contributed by atoms with Gasteiger partial charge in [0.15, 0.2) is 0 Å². The predicted octanol–water partition coefficient (Wildman–Crippen LogP) is -3.14.